The van der Waals surface area contributed by atoms with Gasteiger partial charge in [-0.15, -0.1) is 11.3 Å². The van der Waals surface area contributed by atoms with Crippen LogP contribution >= 0.6 is 27.3 Å². The van der Waals surface area contributed by atoms with E-state index in [9.17, 15) is 4.79 Å². The Kier molecular flexibility index (Phi) is 5.13. The third kappa shape index (κ3) is 4.15. The van der Waals surface area contributed by atoms with Gasteiger partial charge in [0.15, 0.2) is 0 Å². The predicted molar refractivity (Wildman–Crippen MR) is 111 cm³/mol. The maximum Gasteiger partial charge on any atom is 0.276 e. The Hall–Kier alpha value is -2.77. The lowest BCUT2D eigenvalue weighted by Gasteiger charge is -2.08. The van der Waals surface area contributed by atoms with Gasteiger partial charge >= 0.3 is 0 Å². The molecular weight excluding hydrogens is 424 g/mol. The molecule has 7 heteroatoms. The van der Waals surface area contributed by atoms with Gasteiger partial charge in [-0.05, 0) is 17.7 Å². The van der Waals surface area contributed by atoms with Gasteiger partial charge in [0, 0.05) is 21.5 Å². The molecule has 0 saturated heterocycles. The van der Waals surface area contributed by atoms with E-state index >= 15 is 0 Å². The largest absolute Gasteiger partial charge is 0.305 e. The fourth-order valence-electron chi connectivity index (χ4n) is 2.60. The van der Waals surface area contributed by atoms with E-state index in [1.165, 1.54) is 11.3 Å². The first-order valence-electron chi connectivity index (χ1n) is 8.27. The molecule has 2 heterocycles. The lowest BCUT2D eigenvalue weighted by atomic mass is 10.2. The molecular formula is C20H15BrN4OS. The molecule has 0 spiro atoms. The van der Waals surface area contributed by atoms with Crippen molar-refractivity contribution in [3.05, 3.63) is 88.0 Å². The Morgan fingerprint density at radius 3 is 2.63 bits per heavy atom. The topological polar surface area (TPSA) is 59.8 Å². The normalized spacial score (nSPS) is 10.7. The summed E-state index contributed by atoms with van der Waals surface area (Å²) in [4.78, 5) is 17.0. The zero-order chi connectivity index (χ0) is 18.6. The van der Waals surface area contributed by atoms with Gasteiger partial charge in [0.05, 0.1) is 12.7 Å². The summed E-state index contributed by atoms with van der Waals surface area (Å²) in [6.07, 6.45) is 1.67. The van der Waals surface area contributed by atoms with Crippen LogP contribution in [0.3, 0.4) is 0 Å². The Morgan fingerprint density at radius 2 is 1.85 bits per heavy atom. The van der Waals surface area contributed by atoms with Crippen LogP contribution in [0.2, 0.25) is 0 Å². The Balaban J connectivity index is 1.48. The average Bonchev–Trinajstić information content (AvgIpc) is 3.34. The molecule has 0 fully saturated rings. The molecule has 5 nitrogen and oxygen atoms in total. The highest BCUT2D eigenvalue weighted by Gasteiger charge is 2.14. The van der Waals surface area contributed by atoms with Crippen molar-refractivity contribution in [1.29, 1.82) is 0 Å². The van der Waals surface area contributed by atoms with Crippen LogP contribution in [0, 0.1) is 0 Å². The van der Waals surface area contributed by atoms with Gasteiger partial charge in [0.1, 0.15) is 16.5 Å². The molecule has 2 aromatic heterocycles. The molecule has 4 rings (SSSR count). The van der Waals surface area contributed by atoms with Crippen molar-refractivity contribution in [3.8, 4) is 10.6 Å². The van der Waals surface area contributed by atoms with Gasteiger partial charge in [-0.25, -0.2) is 9.67 Å². The third-order valence-corrected chi connectivity index (χ3v) is 5.38. The molecule has 1 N–H and O–H groups in total. The minimum absolute atomic E-state index is 0.244. The number of anilines is 1. The van der Waals surface area contributed by atoms with Gasteiger partial charge in [-0.1, -0.05) is 58.4 Å². The first kappa shape index (κ1) is 17.6. The number of carbonyl (C=O) groups is 1. The molecule has 0 aliphatic carbocycles. The Labute approximate surface area is 168 Å². The van der Waals surface area contributed by atoms with Crippen molar-refractivity contribution in [3.63, 3.8) is 0 Å². The Bertz CT molecular complexity index is 1060. The van der Waals surface area contributed by atoms with Gasteiger partial charge in [0.2, 0.25) is 0 Å². The van der Waals surface area contributed by atoms with Gasteiger partial charge in [-0.3, -0.25) is 4.79 Å². The van der Waals surface area contributed by atoms with Gasteiger partial charge in [-0.2, -0.15) is 5.10 Å². The van der Waals surface area contributed by atoms with E-state index < -0.39 is 0 Å². The summed E-state index contributed by atoms with van der Waals surface area (Å²) in [7, 11) is 0. The second-order valence-electron chi connectivity index (χ2n) is 5.86. The zero-order valence-electron chi connectivity index (χ0n) is 14.2. The second kappa shape index (κ2) is 7.85. The number of thiazole rings is 1. The smallest absolute Gasteiger partial charge is 0.276 e. The maximum absolute atomic E-state index is 12.6. The van der Waals surface area contributed by atoms with Crippen LogP contribution in [0.5, 0.6) is 0 Å². The summed E-state index contributed by atoms with van der Waals surface area (Å²) in [5, 5.41) is 9.80. The highest BCUT2D eigenvalue weighted by atomic mass is 79.9. The number of hydrogen-bond acceptors (Lipinski definition) is 4. The zero-order valence-corrected chi connectivity index (χ0v) is 16.6. The quantitative estimate of drug-likeness (QED) is 0.473. The van der Waals surface area contributed by atoms with E-state index in [-0.39, 0.29) is 5.91 Å². The first-order chi connectivity index (χ1) is 13.2. The molecule has 0 saturated carbocycles. The number of rotatable bonds is 5. The lowest BCUT2D eigenvalue weighted by Crippen LogP contribution is -2.16. The molecule has 0 unspecified atom stereocenters. The van der Waals surface area contributed by atoms with E-state index in [0.29, 0.717) is 18.1 Å². The number of benzene rings is 2. The van der Waals surface area contributed by atoms with Gasteiger partial charge in [0.25, 0.3) is 5.91 Å². The van der Waals surface area contributed by atoms with Crippen molar-refractivity contribution in [2.75, 3.05) is 5.32 Å². The molecule has 134 valence electrons. The van der Waals surface area contributed by atoms with Crippen LogP contribution in [-0.2, 0) is 6.54 Å². The van der Waals surface area contributed by atoms with Crippen molar-refractivity contribution >= 4 is 39.0 Å². The summed E-state index contributed by atoms with van der Waals surface area (Å²) < 4.78 is 2.78. The third-order valence-electron chi connectivity index (χ3n) is 3.96. The minimum atomic E-state index is -0.244. The summed E-state index contributed by atoms with van der Waals surface area (Å²) >= 11 is 4.88. The number of aromatic nitrogens is 3. The number of halogens is 1. The van der Waals surface area contributed by atoms with E-state index in [1.54, 1.807) is 22.3 Å². The van der Waals surface area contributed by atoms with E-state index in [2.05, 4.69) is 31.3 Å². The molecule has 0 atom stereocenters. The molecule has 4 aromatic rings. The average molecular weight is 439 g/mol. The standard InChI is InChI=1S/C20H15BrN4OS/c21-16-8-6-14(7-9-16)12-25-18(10-11-22-25)24-19(26)17-13-27-20(23-17)15-4-2-1-3-5-15/h1-11,13H,12H2,(H,24,26). The van der Waals surface area contributed by atoms with Crippen LogP contribution in [-0.4, -0.2) is 20.7 Å². The summed E-state index contributed by atoms with van der Waals surface area (Å²) in [5.41, 5.74) is 2.49. The summed E-state index contributed by atoms with van der Waals surface area (Å²) in [5.74, 6) is 0.392. The number of amides is 1. The van der Waals surface area contributed by atoms with Crippen LogP contribution in [0.4, 0.5) is 5.82 Å². The van der Waals surface area contributed by atoms with Crippen molar-refractivity contribution in [2.45, 2.75) is 6.54 Å². The van der Waals surface area contributed by atoms with Gasteiger partial charge < -0.3 is 5.32 Å². The van der Waals surface area contributed by atoms with E-state index in [4.69, 9.17) is 0 Å². The SMILES string of the molecule is O=C(Nc1ccnn1Cc1ccc(Br)cc1)c1csc(-c2ccccc2)n1. The number of hydrogen-bond donors (Lipinski definition) is 1. The second-order valence-corrected chi connectivity index (χ2v) is 7.63. The molecule has 0 bridgehead atoms. The molecule has 0 radical (unpaired) electrons. The Morgan fingerprint density at radius 1 is 1.07 bits per heavy atom. The van der Waals surface area contributed by atoms with E-state index in [1.807, 2.05) is 54.6 Å². The van der Waals surface area contributed by atoms with Crippen molar-refractivity contribution in [1.82, 2.24) is 14.8 Å². The van der Waals surface area contributed by atoms with Crippen LogP contribution in [0.15, 0.2) is 76.7 Å². The number of carbonyl (C=O) groups excluding carboxylic acids is 1. The fraction of sp³-hybridized carbons (Fsp3) is 0.0500. The monoisotopic (exact) mass is 438 g/mol. The van der Waals surface area contributed by atoms with Crippen molar-refractivity contribution < 1.29 is 4.79 Å². The first-order valence-corrected chi connectivity index (χ1v) is 9.95. The number of nitrogens with zero attached hydrogens (tertiary/aromatic N) is 3. The maximum atomic E-state index is 12.6. The van der Waals surface area contributed by atoms with Crippen LogP contribution in [0.25, 0.3) is 10.6 Å². The molecule has 2 aromatic carbocycles. The predicted octanol–water partition coefficient (Wildman–Crippen LogP) is 5.07. The number of nitrogens with one attached hydrogen (secondary N) is 1. The summed E-state index contributed by atoms with van der Waals surface area (Å²) in [6, 6.07) is 19.6. The molecule has 0 aliphatic heterocycles. The molecule has 27 heavy (non-hydrogen) atoms. The van der Waals surface area contributed by atoms with Crippen LogP contribution in [0.1, 0.15) is 16.1 Å². The highest BCUT2D eigenvalue weighted by Crippen LogP contribution is 2.24. The molecule has 0 aliphatic rings. The van der Waals surface area contributed by atoms with E-state index in [0.717, 1.165) is 20.6 Å². The molecule has 1 amide bonds. The highest BCUT2D eigenvalue weighted by molar-refractivity contribution is 9.10. The van der Waals surface area contributed by atoms with Crippen LogP contribution < -0.4 is 5.32 Å². The lowest BCUT2D eigenvalue weighted by molar-refractivity contribution is 0.102. The summed E-state index contributed by atoms with van der Waals surface area (Å²) in [6.45, 7) is 0.572. The fourth-order valence-corrected chi connectivity index (χ4v) is 3.67. The van der Waals surface area contributed by atoms with Crippen molar-refractivity contribution in [2.24, 2.45) is 0 Å². The minimum Gasteiger partial charge on any atom is -0.305 e.